The molecule has 0 nitrogen and oxygen atoms in total. The van der Waals surface area contributed by atoms with Gasteiger partial charge in [-0.1, -0.05) is 0 Å². The van der Waals surface area contributed by atoms with Crippen molar-refractivity contribution in [3.05, 3.63) is 0 Å². The standard InChI is InChI=1S/2Rh.3Tb. The van der Waals surface area contributed by atoms with Gasteiger partial charge in [-0.3, -0.25) is 0 Å². The van der Waals surface area contributed by atoms with Crippen LogP contribution < -0.4 is 0 Å². The fraction of sp³-hybridized carbons (Fsp3) is 0. The topological polar surface area (TPSA) is 0 Å². The minimum atomic E-state index is 0. The van der Waals surface area contributed by atoms with Gasteiger partial charge in [-0.2, -0.15) is 0 Å². The van der Waals surface area contributed by atoms with Crippen LogP contribution in [0.1, 0.15) is 0 Å². The van der Waals surface area contributed by atoms with E-state index in [9.17, 15) is 0 Å². The zero-order valence-corrected chi connectivity index (χ0v) is 11.4. The van der Waals surface area contributed by atoms with Gasteiger partial charge in [-0.25, -0.2) is 0 Å². The van der Waals surface area contributed by atoms with Gasteiger partial charge >= 0.3 is 0 Å². The van der Waals surface area contributed by atoms with Gasteiger partial charge in [0.2, 0.25) is 0 Å². The first kappa shape index (κ1) is 32.1. The van der Waals surface area contributed by atoms with Crippen molar-refractivity contribution in [1.82, 2.24) is 0 Å². The van der Waals surface area contributed by atoms with Gasteiger partial charge in [0.15, 0.2) is 0 Å². The molecule has 0 amide bonds. The van der Waals surface area contributed by atoms with Crippen molar-refractivity contribution in [2.75, 3.05) is 0 Å². The summed E-state index contributed by atoms with van der Waals surface area (Å²) < 4.78 is 0. The second kappa shape index (κ2) is 23.0. The Labute approximate surface area is 150 Å². The predicted octanol–water partition coefficient (Wildman–Crippen LogP) is -0.00500. The van der Waals surface area contributed by atoms with E-state index in [4.69, 9.17) is 0 Å². The SMILES string of the molecule is [Rh].[Rh].[Tb].[Tb].[Tb]. The van der Waals surface area contributed by atoms with Gasteiger partial charge in [0.1, 0.15) is 0 Å². The van der Waals surface area contributed by atoms with E-state index in [0.29, 0.717) is 0 Å². The summed E-state index contributed by atoms with van der Waals surface area (Å²) in [5.41, 5.74) is 0. The summed E-state index contributed by atoms with van der Waals surface area (Å²) >= 11 is 0. The van der Waals surface area contributed by atoms with Crippen LogP contribution in [0.4, 0.5) is 0 Å². The summed E-state index contributed by atoms with van der Waals surface area (Å²) in [6, 6.07) is 0. The molecule has 0 bridgehead atoms. The van der Waals surface area contributed by atoms with E-state index in [-0.39, 0.29) is 155 Å². The smallest absolute Gasteiger partial charge is 0 e. The van der Waals surface area contributed by atoms with Crippen molar-refractivity contribution in [3.63, 3.8) is 0 Å². The molecule has 0 aromatic rings. The molecule has 0 rings (SSSR count). The Kier molecular flexibility index (Phi) is 148. The van der Waals surface area contributed by atoms with Crippen molar-refractivity contribution >= 4 is 0 Å². The fourth-order valence-electron chi connectivity index (χ4n) is 0. The minimum absolute atomic E-state index is 0. The van der Waals surface area contributed by atoms with Crippen LogP contribution in [-0.4, -0.2) is 0 Å². The van der Waals surface area contributed by atoms with Crippen LogP contribution in [0.25, 0.3) is 0 Å². The maximum Gasteiger partial charge on any atom is 0 e. The van der Waals surface area contributed by atoms with E-state index in [1.54, 1.807) is 0 Å². The molecule has 0 saturated heterocycles. The van der Waals surface area contributed by atoms with Gasteiger partial charge in [0, 0.05) is 155 Å². The third kappa shape index (κ3) is 17.6. The van der Waals surface area contributed by atoms with Crippen LogP contribution in [0.5, 0.6) is 0 Å². The van der Waals surface area contributed by atoms with Crippen LogP contribution in [0.15, 0.2) is 0 Å². The molecule has 0 aliphatic rings. The maximum atomic E-state index is 0. The van der Waals surface area contributed by atoms with E-state index >= 15 is 0 Å². The normalized spacial score (nSPS) is 0. The van der Waals surface area contributed by atoms with Gasteiger partial charge in [-0.15, -0.1) is 0 Å². The predicted molar refractivity (Wildman–Crippen MR) is 0 cm³/mol. The Morgan fingerprint density at radius 3 is 0.400 bits per heavy atom. The van der Waals surface area contributed by atoms with Crippen LogP contribution >= 0.6 is 0 Å². The van der Waals surface area contributed by atoms with Gasteiger partial charge in [-0.05, 0) is 0 Å². The second-order valence-electron chi connectivity index (χ2n) is 0. The zero-order chi connectivity index (χ0) is 0. The maximum absolute atomic E-state index is 0. The van der Waals surface area contributed by atoms with Crippen LogP contribution in [0.2, 0.25) is 0 Å². The van der Waals surface area contributed by atoms with Gasteiger partial charge < -0.3 is 0 Å². The van der Waals surface area contributed by atoms with E-state index in [1.165, 1.54) is 0 Å². The Bertz CT molecular complexity index is 4.85. The second-order valence-corrected chi connectivity index (χ2v) is 0. The number of hydrogen-bond donors (Lipinski definition) is 0. The van der Waals surface area contributed by atoms with Crippen molar-refractivity contribution in [3.8, 4) is 0 Å². The average molecular weight is 683 g/mol. The molecule has 0 aliphatic heterocycles. The third-order valence-corrected chi connectivity index (χ3v) is 0. The van der Waals surface area contributed by atoms with Crippen LogP contribution in [-0.2, 0) is 39.0 Å². The largest absolute Gasteiger partial charge is 0 e. The first-order chi connectivity index (χ1) is 0. The van der Waals surface area contributed by atoms with Gasteiger partial charge in [0.05, 0.1) is 0 Å². The molecule has 0 heterocycles. The zero-order valence-electron chi connectivity index (χ0n) is 1.67. The fourth-order valence-corrected chi connectivity index (χ4v) is 0. The summed E-state index contributed by atoms with van der Waals surface area (Å²) in [6.07, 6.45) is 0. The van der Waals surface area contributed by atoms with Crippen LogP contribution in [0, 0.1) is 116 Å². The first-order valence-electron chi connectivity index (χ1n) is 0. The molecule has 0 unspecified atom stereocenters. The molecule has 5 heteroatoms. The monoisotopic (exact) mass is 683 g/mol. The summed E-state index contributed by atoms with van der Waals surface area (Å²) in [5, 5.41) is 0. The molecular weight excluding hydrogens is 683 g/mol. The van der Waals surface area contributed by atoms with Crippen molar-refractivity contribution in [2.45, 2.75) is 0 Å². The summed E-state index contributed by atoms with van der Waals surface area (Å²) in [5.74, 6) is 0. The molecule has 5 radical (unpaired) electrons. The summed E-state index contributed by atoms with van der Waals surface area (Å²) in [4.78, 5) is 0. The Hall–Kier alpha value is 5.10. The van der Waals surface area contributed by atoms with Crippen molar-refractivity contribution in [2.24, 2.45) is 0 Å². The Morgan fingerprint density at radius 1 is 0.400 bits per heavy atom. The van der Waals surface area contributed by atoms with Crippen molar-refractivity contribution < 1.29 is 155 Å². The van der Waals surface area contributed by atoms with E-state index in [2.05, 4.69) is 0 Å². The third-order valence-electron chi connectivity index (χ3n) is 0. The average Bonchev–Trinajstić information content (AvgIpc) is 0. The van der Waals surface area contributed by atoms with E-state index in [1.807, 2.05) is 0 Å². The molecule has 0 aromatic heterocycles. The molecule has 45 valence electrons. The quantitative estimate of drug-likeness (QED) is 0.316. The van der Waals surface area contributed by atoms with E-state index in [0.717, 1.165) is 0 Å². The molecular formula is Rh2Tb3. The van der Waals surface area contributed by atoms with E-state index < -0.39 is 0 Å². The number of rotatable bonds is 0. The molecule has 0 saturated carbocycles. The molecule has 5 heavy (non-hydrogen) atoms. The molecule has 0 aromatic carbocycles. The first-order valence-corrected chi connectivity index (χ1v) is 0. The molecule has 0 N–H and O–H groups in total. The molecule has 0 atom stereocenters. The molecule has 0 fully saturated rings. The van der Waals surface area contributed by atoms with Crippen molar-refractivity contribution in [1.29, 1.82) is 0 Å². The molecule has 0 aliphatic carbocycles. The van der Waals surface area contributed by atoms with Crippen LogP contribution in [0.3, 0.4) is 0 Å². The Balaban J connectivity index is 0. The minimum Gasteiger partial charge on any atom is 0 e. The number of hydrogen-bond acceptors (Lipinski definition) is 0. The van der Waals surface area contributed by atoms with Gasteiger partial charge in [0.25, 0.3) is 0 Å². The Morgan fingerprint density at radius 2 is 0.400 bits per heavy atom. The molecule has 0 spiro atoms. The summed E-state index contributed by atoms with van der Waals surface area (Å²) in [7, 11) is 0. The summed E-state index contributed by atoms with van der Waals surface area (Å²) in [6.45, 7) is 0.